The standard InChI is InChI=1S/C12H14N2O3S2/c1-12(2,11-13-7-8-18-11)14-19(16,17)10-5-3-9(15)4-6-10/h3-8,14-15H,1-2H3. The molecule has 2 rings (SSSR count). The fourth-order valence-electron chi connectivity index (χ4n) is 1.60. The molecule has 0 radical (unpaired) electrons. The molecule has 0 aliphatic rings. The summed E-state index contributed by atoms with van der Waals surface area (Å²) in [4.78, 5) is 4.24. The van der Waals surface area contributed by atoms with Crippen molar-refractivity contribution in [1.29, 1.82) is 0 Å². The molecular weight excluding hydrogens is 284 g/mol. The molecule has 1 heterocycles. The third-order valence-corrected chi connectivity index (χ3v) is 5.27. The van der Waals surface area contributed by atoms with E-state index in [1.807, 2.05) is 0 Å². The average Bonchev–Trinajstić information content (AvgIpc) is 2.82. The Morgan fingerprint density at radius 3 is 2.42 bits per heavy atom. The highest BCUT2D eigenvalue weighted by Crippen LogP contribution is 2.25. The zero-order valence-electron chi connectivity index (χ0n) is 10.5. The van der Waals surface area contributed by atoms with Crippen LogP contribution in [0.15, 0.2) is 40.7 Å². The van der Waals surface area contributed by atoms with Crippen molar-refractivity contribution in [1.82, 2.24) is 9.71 Å². The van der Waals surface area contributed by atoms with Gasteiger partial charge in [0.2, 0.25) is 10.0 Å². The number of phenols is 1. The summed E-state index contributed by atoms with van der Waals surface area (Å²) < 4.78 is 27.1. The molecule has 2 N–H and O–H groups in total. The summed E-state index contributed by atoms with van der Waals surface area (Å²) in [5.74, 6) is 0.0260. The van der Waals surface area contributed by atoms with Crippen molar-refractivity contribution in [2.45, 2.75) is 24.3 Å². The number of rotatable bonds is 4. The molecule has 1 aromatic carbocycles. The maximum absolute atomic E-state index is 12.2. The molecule has 19 heavy (non-hydrogen) atoms. The van der Waals surface area contributed by atoms with Crippen molar-refractivity contribution in [3.05, 3.63) is 40.8 Å². The third kappa shape index (κ3) is 3.12. The number of hydrogen-bond donors (Lipinski definition) is 2. The van der Waals surface area contributed by atoms with Gasteiger partial charge in [-0.2, -0.15) is 4.72 Å². The van der Waals surface area contributed by atoms with E-state index in [0.29, 0.717) is 5.01 Å². The summed E-state index contributed by atoms with van der Waals surface area (Å²) in [7, 11) is -3.66. The first-order valence-corrected chi connectivity index (χ1v) is 7.90. The van der Waals surface area contributed by atoms with Gasteiger partial charge in [0.05, 0.1) is 10.4 Å². The van der Waals surface area contributed by atoms with Crippen LogP contribution in [0.3, 0.4) is 0 Å². The van der Waals surface area contributed by atoms with Gasteiger partial charge in [-0.25, -0.2) is 13.4 Å². The van der Waals surface area contributed by atoms with Crippen LogP contribution in [-0.2, 0) is 15.6 Å². The molecule has 0 aliphatic heterocycles. The first-order valence-electron chi connectivity index (χ1n) is 5.54. The Bertz CT molecular complexity index is 647. The van der Waals surface area contributed by atoms with Gasteiger partial charge in [0.15, 0.2) is 0 Å². The predicted molar refractivity (Wildman–Crippen MR) is 73.6 cm³/mol. The first-order chi connectivity index (χ1) is 8.81. The topological polar surface area (TPSA) is 79.3 Å². The summed E-state index contributed by atoms with van der Waals surface area (Å²) in [6, 6.07) is 5.39. The normalized spacial score (nSPS) is 12.5. The van der Waals surface area contributed by atoms with Crippen molar-refractivity contribution >= 4 is 21.4 Å². The molecule has 0 amide bonds. The molecule has 2 aromatic rings. The van der Waals surface area contributed by atoms with E-state index in [1.54, 1.807) is 25.4 Å². The molecule has 0 fully saturated rings. The monoisotopic (exact) mass is 298 g/mol. The molecule has 7 heteroatoms. The molecule has 102 valence electrons. The van der Waals surface area contributed by atoms with Gasteiger partial charge in [-0.3, -0.25) is 0 Å². The Hall–Kier alpha value is -1.44. The molecule has 0 aliphatic carbocycles. The van der Waals surface area contributed by atoms with Gasteiger partial charge in [-0.1, -0.05) is 0 Å². The number of aromatic hydroxyl groups is 1. The van der Waals surface area contributed by atoms with Crippen LogP contribution in [0.5, 0.6) is 5.75 Å². The minimum absolute atomic E-state index is 0.0260. The molecule has 0 bridgehead atoms. The number of hydrogen-bond acceptors (Lipinski definition) is 5. The van der Waals surface area contributed by atoms with Gasteiger partial charge in [0.25, 0.3) is 0 Å². The molecular formula is C12H14N2O3S2. The lowest BCUT2D eigenvalue weighted by atomic mass is 10.1. The largest absolute Gasteiger partial charge is 0.508 e. The first kappa shape index (κ1) is 14.0. The molecule has 0 unspecified atom stereocenters. The van der Waals surface area contributed by atoms with Crippen LogP contribution >= 0.6 is 11.3 Å². The van der Waals surface area contributed by atoms with Crippen molar-refractivity contribution in [3.8, 4) is 5.75 Å². The molecule has 5 nitrogen and oxygen atoms in total. The highest BCUT2D eigenvalue weighted by molar-refractivity contribution is 7.89. The van der Waals surface area contributed by atoms with Crippen molar-refractivity contribution in [2.75, 3.05) is 0 Å². The van der Waals surface area contributed by atoms with E-state index in [0.717, 1.165) is 0 Å². The van der Waals surface area contributed by atoms with Crippen molar-refractivity contribution in [2.24, 2.45) is 0 Å². The second kappa shape index (κ2) is 4.92. The molecule has 1 aromatic heterocycles. The zero-order chi connectivity index (χ0) is 14.1. The third-order valence-electron chi connectivity index (χ3n) is 2.50. The quantitative estimate of drug-likeness (QED) is 0.905. The minimum atomic E-state index is -3.66. The van der Waals surface area contributed by atoms with E-state index in [1.165, 1.54) is 35.6 Å². The van der Waals surface area contributed by atoms with Crippen LogP contribution in [0, 0.1) is 0 Å². The summed E-state index contributed by atoms with van der Waals surface area (Å²) in [5, 5.41) is 11.7. The number of nitrogens with zero attached hydrogens (tertiary/aromatic N) is 1. The van der Waals surface area contributed by atoms with Crippen molar-refractivity contribution in [3.63, 3.8) is 0 Å². The fraction of sp³-hybridized carbons (Fsp3) is 0.250. The van der Waals surface area contributed by atoms with E-state index in [9.17, 15) is 13.5 Å². The van der Waals surface area contributed by atoms with Crippen LogP contribution in [-0.4, -0.2) is 18.5 Å². The highest BCUT2D eigenvalue weighted by Gasteiger charge is 2.29. The van der Waals surface area contributed by atoms with Crippen molar-refractivity contribution < 1.29 is 13.5 Å². The van der Waals surface area contributed by atoms with Crippen LogP contribution in [0.4, 0.5) is 0 Å². The number of aromatic nitrogens is 1. The van der Waals surface area contributed by atoms with E-state index < -0.39 is 15.6 Å². The number of phenolic OH excluding ortho intramolecular Hbond substituents is 1. The Kier molecular flexibility index (Phi) is 3.62. The second-order valence-corrected chi connectivity index (χ2v) is 7.14. The summed E-state index contributed by atoms with van der Waals surface area (Å²) in [6.07, 6.45) is 1.64. The highest BCUT2D eigenvalue weighted by atomic mass is 32.2. The van der Waals surface area contributed by atoms with Crippen LogP contribution in [0.1, 0.15) is 18.9 Å². The number of benzene rings is 1. The number of thiazole rings is 1. The van der Waals surface area contributed by atoms with E-state index in [-0.39, 0.29) is 10.6 Å². The molecule has 0 atom stereocenters. The van der Waals surface area contributed by atoms with Crippen LogP contribution in [0.25, 0.3) is 0 Å². The maximum atomic E-state index is 12.2. The van der Waals surface area contributed by atoms with Gasteiger partial charge in [0, 0.05) is 11.6 Å². The van der Waals surface area contributed by atoms with Gasteiger partial charge in [-0.15, -0.1) is 11.3 Å². The maximum Gasteiger partial charge on any atom is 0.241 e. The fourth-order valence-corrected chi connectivity index (χ4v) is 3.76. The lowest BCUT2D eigenvalue weighted by Gasteiger charge is -2.23. The van der Waals surface area contributed by atoms with Gasteiger partial charge in [0.1, 0.15) is 10.8 Å². The SMILES string of the molecule is CC(C)(NS(=O)(=O)c1ccc(O)cc1)c1nccs1. The van der Waals surface area contributed by atoms with Gasteiger partial charge in [-0.05, 0) is 38.1 Å². The lowest BCUT2D eigenvalue weighted by molar-refractivity contribution is 0.468. The zero-order valence-corrected chi connectivity index (χ0v) is 12.1. The molecule has 0 spiro atoms. The number of sulfonamides is 1. The second-order valence-electron chi connectivity index (χ2n) is 4.56. The Balaban J connectivity index is 2.29. The Labute approximate surface area is 116 Å². The Morgan fingerprint density at radius 1 is 1.26 bits per heavy atom. The van der Waals surface area contributed by atoms with E-state index in [4.69, 9.17) is 0 Å². The van der Waals surface area contributed by atoms with E-state index in [2.05, 4.69) is 9.71 Å². The number of nitrogens with one attached hydrogen (secondary N) is 1. The van der Waals surface area contributed by atoms with Crippen LogP contribution < -0.4 is 4.72 Å². The summed E-state index contributed by atoms with van der Waals surface area (Å²) in [5.41, 5.74) is -0.787. The smallest absolute Gasteiger partial charge is 0.241 e. The van der Waals surface area contributed by atoms with Crippen LogP contribution in [0.2, 0.25) is 0 Å². The van der Waals surface area contributed by atoms with E-state index >= 15 is 0 Å². The van der Waals surface area contributed by atoms with Gasteiger partial charge >= 0.3 is 0 Å². The van der Waals surface area contributed by atoms with Gasteiger partial charge < -0.3 is 5.11 Å². The lowest BCUT2D eigenvalue weighted by Crippen LogP contribution is -2.40. The predicted octanol–water partition coefficient (Wildman–Crippen LogP) is 2.06. The molecule has 0 saturated carbocycles. The summed E-state index contributed by atoms with van der Waals surface area (Å²) >= 11 is 1.39. The average molecular weight is 298 g/mol. The Morgan fingerprint density at radius 2 is 1.89 bits per heavy atom. The summed E-state index contributed by atoms with van der Waals surface area (Å²) in [6.45, 7) is 3.51. The molecule has 0 saturated heterocycles. The minimum Gasteiger partial charge on any atom is -0.508 e.